The predicted octanol–water partition coefficient (Wildman–Crippen LogP) is 2.85. The molecule has 0 atom stereocenters. The fourth-order valence-corrected chi connectivity index (χ4v) is 2.66. The molecule has 1 saturated carbocycles. The highest BCUT2D eigenvalue weighted by atomic mass is 32.2. The van der Waals surface area contributed by atoms with Crippen molar-refractivity contribution in [2.24, 2.45) is 0 Å². The summed E-state index contributed by atoms with van der Waals surface area (Å²) in [6, 6.07) is 4.29. The van der Waals surface area contributed by atoms with E-state index in [0.717, 1.165) is 25.0 Å². The van der Waals surface area contributed by atoms with E-state index in [1.807, 2.05) is 0 Å². The van der Waals surface area contributed by atoms with Crippen molar-refractivity contribution in [2.75, 3.05) is 5.32 Å². The molecule has 6 nitrogen and oxygen atoms in total. The van der Waals surface area contributed by atoms with E-state index in [1.165, 1.54) is 12.1 Å². The van der Waals surface area contributed by atoms with Gasteiger partial charge in [0.1, 0.15) is 0 Å². The second-order valence-electron chi connectivity index (χ2n) is 5.14. The van der Waals surface area contributed by atoms with Gasteiger partial charge in [0.05, 0.1) is 11.4 Å². The summed E-state index contributed by atoms with van der Waals surface area (Å²) in [5.74, 6) is 1.29. The van der Waals surface area contributed by atoms with Crippen LogP contribution in [0.2, 0.25) is 0 Å². The number of hydrogen-bond donors (Lipinski definition) is 1. The summed E-state index contributed by atoms with van der Waals surface area (Å²) in [5, 5.41) is 10.6. The van der Waals surface area contributed by atoms with Crippen LogP contribution in [0.5, 0.6) is 0 Å². The van der Waals surface area contributed by atoms with Crippen LogP contribution in [0.1, 0.15) is 30.5 Å². The number of rotatable bonds is 5. The van der Waals surface area contributed by atoms with Gasteiger partial charge in [-0.3, -0.25) is 0 Å². The van der Waals surface area contributed by atoms with Gasteiger partial charge in [0, 0.05) is 11.6 Å². The lowest BCUT2D eigenvalue weighted by Gasteiger charge is -2.09. The first kappa shape index (κ1) is 15.8. The highest BCUT2D eigenvalue weighted by molar-refractivity contribution is 7.92. The van der Waals surface area contributed by atoms with Gasteiger partial charge in [-0.1, -0.05) is 0 Å². The molecule has 1 aromatic heterocycles. The number of hydrogen-bond acceptors (Lipinski definition) is 6. The minimum atomic E-state index is -5.33. The van der Waals surface area contributed by atoms with Crippen LogP contribution < -0.4 is 5.32 Å². The summed E-state index contributed by atoms with van der Waals surface area (Å²) in [4.78, 5) is -0.802. The van der Waals surface area contributed by atoms with Crippen molar-refractivity contribution in [3.63, 3.8) is 0 Å². The molecule has 1 fully saturated rings. The summed E-state index contributed by atoms with van der Waals surface area (Å²) in [7, 11) is -5.33. The summed E-state index contributed by atoms with van der Waals surface area (Å²) in [6.07, 6.45) is 2.06. The van der Waals surface area contributed by atoms with Gasteiger partial charge in [-0.15, -0.1) is 10.2 Å². The number of aromatic nitrogens is 2. The lowest BCUT2D eigenvalue weighted by Crippen LogP contribution is -2.23. The van der Waals surface area contributed by atoms with Gasteiger partial charge in [-0.25, -0.2) is 8.42 Å². The lowest BCUT2D eigenvalue weighted by molar-refractivity contribution is -0.0436. The quantitative estimate of drug-likeness (QED) is 0.895. The Kier molecular flexibility index (Phi) is 3.78. The molecule has 23 heavy (non-hydrogen) atoms. The highest BCUT2D eigenvalue weighted by Crippen LogP contribution is 2.39. The van der Waals surface area contributed by atoms with Crippen LogP contribution >= 0.6 is 0 Å². The zero-order valence-corrected chi connectivity index (χ0v) is 12.5. The Bertz CT molecular complexity index is 796. The number of halogens is 3. The molecular formula is C13H12F3N3O3S. The van der Waals surface area contributed by atoms with Gasteiger partial charge in [-0.2, -0.15) is 13.2 Å². The Morgan fingerprint density at radius 2 is 1.83 bits per heavy atom. The molecule has 0 spiro atoms. The van der Waals surface area contributed by atoms with E-state index in [4.69, 9.17) is 4.42 Å². The monoisotopic (exact) mass is 347 g/mol. The number of nitrogens with one attached hydrogen (secondary N) is 1. The zero-order chi connectivity index (χ0) is 16.7. The maximum Gasteiger partial charge on any atom is 0.501 e. The highest BCUT2D eigenvalue weighted by Gasteiger charge is 2.46. The molecule has 1 aliphatic carbocycles. The molecule has 0 amide bonds. The smallest absolute Gasteiger partial charge is 0.423 e. The third-order valence-corrected chi connectivity index (χ3v) is 4.82. The van der Waals surface area contributed by atoms with Crippen molar-refractivity contribution < 1.29 is 26.0 Å². The second kappa shape index (κ2) is 5.52. The molecule has 1 aliphatic rings. The number of anilines is 1. The number of alkyl halides is 3. The molecule has 3 rings (SSSR count). The molecule has 10 heteroatoms. The standard InChI is InChI=1S/C13H12F3N3O3S/c14-13(15,16)23(20,21)10-5-3-9(4-6-10)17-7-11-18-19-12(22-11)8-1-2-8/h3-6,8,17H,1-2,7H2. The zero-order valence-electron chi connectivity index (χ0n) is 11.7. The Morgan fingerprint density at radius 1 is 1.17 bits per heavy atom. The molecular weight excluding hydrogens is 335 g/mol. The first-order valence-corrected chi connectivity index (χ1v) is 8.23. The van der Waals surface area contributed by atoms with E-state index in [2.05, 4.69) is 15.5 Å². The van der Waals surface area contributed by atoms with Crippen LogP contribution in [0, 0.1) is 0 Å². The normalized spacial score (nSPS) is 15.6. The second-order valence-corrected chi connectivity index (χ2v) is 7.08. The number of nitrogens with zero attached hydrogens (tertiary/aromatic N) is 2. The molecule has 0 saturated heterocycles. The van der Waals surface area contributed by atoms with E-state index in [9.17, 15) is 21.6 Å². The van der Waals surface area contributed by atoms with Gasteiger partial charge in [0.2, 0.25) is 11.8 Å². The predicted molar refractivity (Wildman–Crippen MR) is 73.3 cm³/mol. The van der Waals surface area contributed by atoms with Gasteiger partial charge in [-0.05, 0) is 37.1 Å². The summed E-state index contributed by atoms with van der Waals surface area (Å²) < 4.78 is 65.2. The maximum absolute atomic E-state index is 12.4. The molecule has 0 aliphatic heterocycles. The van der Waals surface area contributed by atoms with Gasteiger partial charge < -0.3 is 9.73 Å². The Hall–Kier alpha value is -2.10. The molecule has 1 N–H and O–H groups in total. The van der Waals surface area contributed by atoms with E-state index in [1.54, 1.807) is 0 Å². The summed E-state index contributed by atoms with van der Waals surface area (Å²) >= 11 is 0. The van der Waals surface area contributed by atoms with Crippen molar-refractivity contribution >= 4 is 15.5 Å². The van der Waals surface area contributed by atoms with E-state index in [-0.39, 0.29) is 6.54 Å². The molecule has 1 aromatic carbocycles. The number of sulfone groups is 1. The third kappa shape index (κ3) is 3.31. The largest absolute Gasteiger partial charge is 0.501 e. The Morgan fingerprint density at radius 3 is 2.39 bits per heavy atom. The van der Waals surface area contributed by atoms with Crippen LogP contribution in [0.25, 0.3) is 0 Å². The average Bonchev–Trinajstić information content (AvgIpc) is 3.23. The molecule has 0 unspecified atom stereocenters. The van der Waals surface area contributed by atoms with Crippen molar-refractivity contribution in [2.45, 2.75) is 35.7 Å². The van der Waals surface area contributed by atoms with Gasteiger partial charge >= 0.3 is 5.51 Å². The van der Waals surface area contributed by atoms with Crippen LogP contribution in [-0.4, -0.2) is 24.1 Å². The van der Waals surface area contributed by atoms with E-state index in [0.29, 0.717) is 23.4 Å². The minimum absolute atomic E-state index is 0.199. The molecule has 1 heterocycles. The van der Waals surface area contributed by atoms with Crippen molar-refractivity contribution in [3.05, 3.63) is 36.0 Å². The van der Waals surface area contributed by atoms with Gasteiger partial charge in [0.25, 0.3) is 9.84 Å². The van der Waals surface area contributed by atoms with Crippen molar-refractivity contribution in [1.82, 2.24) is 10.2 Å². The average molecular weight is 347 g/mol. The Balaban J connectivity index is 1.65. The molecule has 0 bridgehead atoms. The first-order valence-electron chi connectivity index (χ1n) is 6.75. The SMILES string of the molecule is O=S(=O)(c1ccc(NCc2nnc(C3CC3)o2)cc1)C(F)(F)F. The van der Waals surface area contributed by atoms with E-state index >= 15 is 0 Å². The van der Waals surface area contributed by atoms with Crippen molar-refractivity contribution in [3.8, 4) is 0 Å². The fourth-order valence-electron chi connectivity index (χ4n) is 1.90. The van der Waals surface area contributed by atoms with E-state index < -0.39 is 20.2 Å². The van der Waals surface area contributed by atoms with Crippen LogP contribution in [0.3, 0.4) is 0 Å². The van der Waals surface area contributed by atoms with Crippen LogP contribution in [0.15, 0.2) is 33.6 Å². The lowest BCUT2D eigenvalue weighted by atomic mass is 10.3. The van der Waals surface area contributed by atoms with Gasteiger partial charge in [0.15, 0.2) is 0 Å². The molecule has 2 aromatic rings. The first-order chi connectivity index (χ1) is 10.8. The topological polar surface area (TPSA) is 85.1 Å². The Labute approximate surface area is 129 Å². The number of benzene rings is 1. The van der Waals surface area contributed by atoms with Crippen LogP contribution in [-0.2, 0) is 16.4 Å². The molecule has 124 valence electrons. The minimum Gasteiger partial charge on any atom is -0.423 e. The third-order valence-electron chi connectivity index (χ3n) is 3.32. The van der Waals surface area contributed by atoms with Crippen molar-refractivity contribution in [1.29, 1.82) is 0 Å². The fraction of sp³-hybridized carbons (Fsp3) is 0.385. The maximum atomic E-state index is 12.4. The summed E-state index contributed by atoms with van der Waals surface area (Å²) in [6.45, 7) is 0.199. The van der Waals surface area contributed by atoms with Crippen LogP contribution in [0.4, 0.5) is 18.9 Å². The molecule has 0 radical (unpaired) electrons. The summed E-state index contributed by atoms with van der Waals surface area (Å²) in [5.41, 5.74) is -4.87.